The molecule has 1 aromatic carbocycles. The number of methoxy groups -OCH3 is 2. The minimum Gasteiger partial charge on any atom is -0.497 e. The molecule has 0 aliphatic carbocycles. The van der Waals surface area contributed by atoms with Gasteiger partial charge in [-0.25, -0.2) is 4.98 Å². The van der Waals surface area contributed by atoms with Gasteiger partial charge in [-0.3, -0.25) is 9.20 Å². The van der Waals surface area contributed by atoms with Gasteiger partial charge >= 0.3 is 5.97 Å². The van der Waals surface area contributed by atoms with E-state index >= 15 is 0 Å². The van der Waals surface area contributed by atoms with Crippen LogP contribution in [0.3, 0.4) is 0 Å². The Labute approximate surface area is 144 Å². The topological polar surface area (TPSA) is 77.5 Å². The van der Waals surface area contributed by atoms with E-state index in [0.29, 0.717) is 28.6 Å². The first-order chi connectivity index (χ1) is 12.1. The van der Waals surface area contributed by atoms with Crippen LogP contribution in [0.2, 0.25) is 0 Å². The Kier molecular flexibility index (Phi) is 4.74. The molecule has 0 fully saturated rings. The summed E-state index contributed by atoms with van der Waals surface area (Å²) in [5.74, 6) is 0.824. The molecule has 3 rings (SSSR count). The Balaban J connectivity index is 2.05. The summed E-state index contributed by atoms with van der Waals surface area (Å²) >= 11 is 0. The standard InChI is InChI=1S/C18H18N4O3/c1-12-7-8-16-19-15(10-17(23)25-3)18(22(16)11-12)21-20-13-5-4-6-14(9-13)24-2/h4-9,11H,10H2,1-3H3. The normalized spacial score (nSPS) is 11.2. The number of hydrogen-bond acceptors (Lipinski definition) is 6. The first-order valence-corrected chi connectivity index (χ1v) is 7.71. The Hall–Kier alpha value is -3.22. The Bertz CT molecular complexity index is 947. The Morgan fingerprint density at radius 3 is 2.80 bits per heavy atom. The van der Waals surface area contributed by atoms with Crippen molar-refractivity contribution >= 4 is 23.1 Å². The van der Waals surface area contributed by atoms with Crippen molar-refractivity contribution in [2.75, 3.05) is 14.2 Å². The van der Waals surface area contributed by atoms with E-state index in [9.17, 15) is 4.79 Å². The van der Waals surface area contributed by atoms with Gasteiger partial charge in [0.1, 0.15) is 11.4 Å². The van der Waals surface area contributed by atoms with Crippen molar-refractivity contribution in [3.05, 3.63) is 53.9 Å². The van der Waals surface area contributed by atoms with Crippen LogP contribution in [0, 0.1) is 6.92 Å². The number of pyridine rings is 1. The smallest absolute Gasteiger partial charge is 0.311 e. The molecule has 0 aliphatic heterocycles. The van der Waals surface area contributed by atoms with Gasteiger partial charge in [0.05, 0.1) is 32.0 Å². The fraction of sp³-hybridized carbons (Fsp3) is 0.222. The van der Waals surface area contributed by atoms with Crippen molar-refractivity contribution < 1.29 is 14.3 Å². The molecule has 0 saturated carbocycles. The van der Waals surface area contributed by atoms with Crippen molar-refractivity contribution in [2.45, 2.75) is 13.3 Å². The van der Waals surface area contributed by atoms with Crippen molar-refractivity contribution in [3.8, 4) is 5.75 Å². The lowest BCUT2D eigenvalue weighted by molar-refractivity contribution is -0.139. The number of hydrogen-bond donors (Lipinski definition) is 0. The highest BCUT2D eigenvalue weighted by atomic mass is 16.5. The van der Waals surface area contributed by atoms with Gasteiger partial charge in [0.2, 0.25) is 0 Å². The van der Waals surface area contributed by atoms with Crippen LogP contribution in [0.15, 0.2) is 52.8 Å². The monoisotopic (exact) mass is 338 g/mol. The number of esters is 1. The second-order valence-electron chi connectivity index (χ2n) is 5.47. The molecule has 0 N–H and O–H groups in total. The van der Waals surface area contributed by atoms with Gasteiger partial charge in [-0.2, -0.15) is 0 Å². The number of aryl methyl sites for hydroxylation is 1. The number of azo groups is 1. The Morgan fingerprint density at radius 2 is 2.04 bits per heavy atom. The summed E-state index contributed by atoms with van der Waals surface area (Å²) in [6, 6.07) is 11.1. The van der Waals surface area contributed by atoms with Gasteiger partial charge in [-0.1, -0.05) is 12.1 Å². The van der Waals surface area contributed by atoms with E-state index in [4.69, 9.17) is 9.47 Å². The first kappa shape index (κ1) is 16.6. The molecule has 0 radical (unpaired) electrons. The summed E-state index contributed by atoms with van der Waals surface area (Å²) in [6.45, 7) is 1.97. The molecule has 0 saturated heterocycles. The molecule has 3 aromatic rings. The third kappa shape index (κ3) is 3.65. The summed E-state index contributed by atoms with van der Waals surface area (Å²) in [5, 5.41) is 8.59. The van der Waals surface area contributed by atoms with Crippen LogP contribution >= 0.6 is 0 Å². The molecule has 2 aromatic heterocycles. The summed E-state index contributed by atoms with van der Waals surface area (Å²) in [7, 11) is 2.94. The molecule has 7 nitrogen and oxygen atoms in total. The van der Waals surface area contributed by atoms with Crippen LogP contribution in [-0.4, -0.2) is 29.6 Å². The molecule has 128 valence electrons. The maximum Gasteiger partial charge on any atom is 0.311 e. The lowest BCUT2D eigenvalue weighted by Gasteiger charge is -2.01. The molecule has 0 bridgehead atoms. The number of nitrogens with zero attached hydrogens (tertiary/aromatic N) is 4. The molecule has 0 spiro atoms. The van der Waals surface area contributed by atoms with E-state index in [1.165, 1.54) is 7.11 Å². The summed E-state index contributed by atoms with van der Waals surface area (Å²) in [5.41, 5.74) is 2.91. The predicted molar refractivity (Wildman–Crippen MR) is 92.8 cm³/mol. The van der Waals surface area contributed by atoms with Crippen LogP contribution in [0.4, 0.5) is 11.5 Å². The first-order valence-electron chi connectivity index (χ1n) is 7.71. The number of imidazole rings is 1. The van der Waals surface area contributed by atoms with E-state index in [1.54, 1.807) is 13.2 Å². The summed E-state index contributed by atoms with van der Waals surface area (Å²) in [6.07, 6.45) is 1.94. The third-order valence-corrected chi connectivity index (χ3v) is 3.66. The fourth-order valence-corrected chi connectivity index (χ4v) is 2.40. The van der Waals surface area contributed by atoms with E-state index < -0.39 is 0 Å². The molecule has 2 heterocycles. The number of aromatic nitrogens is 2. The lowest BCUT2D eigenvalue weighted by atomic mass is 10.3. The van der Waals surface area contributed by atoms with E-state index in [1.807, 2.05) is 47.9 Å². The molecule has 0 aliphatic rings. The number of carbonyl (C=O) groups excluding carboxylic acids is 1. The number of ether oxygens (including phenoxy) is 2. The van der Waals surface area contributed by atoms with Crippen LogP contribution in [-0.2, 0) is 16.0 Å². The van der Waals surface area contributed by atoms with Gasteiger partial charge in [-0.05, 0) is 30.7 Å². The maximum atomic E-state index is 11.7. The number of fused-ring (bicyclic) bond motifs is 1. The van der Waals surface area contributed by atoms with Crippen LogP contribution < -0.4 is 4.74 Å². The molecular weight excluding hydrogens is 320 g/mol. The van der Waals surface area contributed by atoms with Crippen molar-refractivity contribution in [1.29, 1.82) is 0 Å². The zero-order chi connectivity index (χ0) is 17.8. The quantitative estimate of drug-likeness (QED) is 0.524. The highest BCUT2D eigenvalue weighted by molar-refractivity contribution is 5.74. The maximum absolute atomic E-state index is 11.7. The zero-order valence-corrected chi connectivity index (χ0v) is 14.3. The van der Waals surface area contributed by atoms with Crippen molar-refractivity contribution in [2.24, 2.45) is 10.2 Å². The number of carbonyl (C=O) groups is 1. The van der Waals surface area contributed by atoms with Crippen LogP contribution in [0.5, 0.6) is 5.75 Å². The average Bonchev–Trinajstić information content (AvgIpc) is 2.96. The number of rotatable bonds is 5. The van der Waals surface area contributed by atoms with Crippen molar-refractivity contribution in [3.63, 3.8) is 0 Å². The summed E-state index contributed by atoms with van der Waals surface area (Å²) in [4.78, 5) is 16.1. The molecule has 0 amide bonds. The molecule has 7 heteroatoms. The average molecular weight is 338 g/mol. The largest absolute Gasteiger partial charge is 0.497 e. The SMILES string of the molecule is COC(=O)Cc1nc2ccc(C)cn2c1N=Nc1cccc(OC)c1. The highest BCUT2D eigenvalue weighted by Gasteiger charge is 2.16. The van der Waals surface area contributed by atoms with E-state index in [2.05, 4.69) is 15.2 Å². The van der Waals surface area contributed by atoms with Crippen LogP contribution in [0.1, 0.15) is 11.3 Å². The van der Waals surface area contributed by atoms with Crippen molar-refractivity contribution in [1.82, 2.24) is 9.38 Å². The van der Waals surface area contributed by atoms with Gasteiger partial charge in [0.15, 0.2) is 5.82 Å². The molecular formula is C18H18N4O3. The predicted octanol–water partition coefficient (Wildman–Crippen LogP) is 3.78. The van der Waals surface area contributed by atoms with Gasteiger partial charge in [0.25, 0.3) is 0 Å². The molecule has 0 atom stereocenters. The number of benzene rings is 1. The molecule has 0 unspecified atom stereocenters. The van der Waals surface area contributed by atoms with Gasteiger partial charge < -0.3 is 9.47 Å². The van der Waals surface area contributed by atoms with Crippen LogP contribution in [0.25, 0.3) is 5.65 Å². The highest BCUT2D eigenvalue weighted by Crippen LogP contribution is 2.26. The lowest BCUT2D eigenvalue weighted by Crippen LogP contribution is -2.04. The van der Waals surface area contributed by atoms with E-state index in [0.717, 1.165) is 5.56 Å². The zero-order valence-electron chi connectivity index (χ0n) is 14.3. The minimum atomic E-state index is -0.377. The third-order valence-electron chi connectivity index (χ3n) is 3.66. The second-order valence-corrected chi connectivity index (χ2v) is 5.47. The molecule has 25 heavy (non-hydrogen) atoms. The van der Waals surface area contributed by atoms with Gasteiger partial charge in [-0.15, -0.1) is 10.2 Å². The fourth-order valence-electron chi connectivity index (χ4n) is 2.40. The van der Waals surface area contributed by atoms with Gasteiger partial charge in [0, 0.05) is 12.3 Å². The second kappa shape index (κ2) is 7.12. The summed E-state index contributed by atoms with van der Waals surface area (Å²) < 4.78 is 11.8. The minimum absolute atomic E-state index is 0.0314. The Morgan fingerprint density at radius 1 is 1.20 bits per heavy atom. The van der Waals surface area contributed by atoms with E-state index in [-0.39, 0.29) is 12.4 Å².